The van der Waals surface area contributed by atoms with Crippen LogP contribution in [0.3, 0.4) is 0 Å². The van der Waals surface area contributed by atoms with Gasteiger partial charge >= 0.3 is 6.18 Å². The Morgan fingerprint density at radius 2 is 1.85 bits per heavy atom. The molecule has 0 spiro atoms. The predicted octanol–water partition coefficient (Wildman–Crippen LogP) is 6.04. The average molecular weight is 556 g/mol. The number of carbonyl (C=O) groups excluding carboxylic acids is 1. The summed E-state index contributed by atoms with van der Waals surface area (Å²) in [4.78, 5) is 22.6. The van der Waals surface area contributed by atoms with E-state index in [1.165, 1.54) is 11.6 Å². The highest BCUT2D eigenvalue weighted by Gasteiger charge is 2.57. The molecule has 3 fully saturated rings. The number of fused-ring (bicyclic) bond motifs is 2. The number of pyridine rings is 1. The van der Waals surface area contributed by atoms with Crippen LogP contribution in [-0.2, 0) is 29.5 Å². The highest BCUT2D eigenvalue weighted by atomic mass is 19.4. The monoisotopic (exact) mass is 555 g/mol. The molecule has 2 aromatic rings. The zero-order valence-corrected chi connectivity index (χ0v) is 23.5. The number of likely N-dealkylation sites (tertiary alicyclic amines) is 1. The molecule has 1 amide bonds. The van der Waals surface area contributed by atoms with Gasteiger partial charge < -0.3 is 14.9 Å². The molecule has 0 unspecified atom stereocenters. The molecule has 40 heavy (non-hydrogen) atoms. The molecule has 2 aliphatic carbocycles. The van der Waals surface area contributed by atoms with Crippen LogP contribution in [-0.4, -0.2) is 51.5 Å². The number of amides is 1. The number of alkyl halides is 3. The quantitative estimate of drug-likeness (QED) is 0.500. The lowest BCUT2D eigenvalue weighted by atomic mass is 9.78. The number of hydrogen-bond donors (Lipinski definition) is 1. The Labute approximate surface area is 234 Å². The van der Waals surface area contributed by atoms with Crippen LogP contribution in [0.4, 0.5) is 13.2 Å². The van der Waals surface area contributed by atoms with Gasteiger partial charge in [0.25, 0.3) is 0 Å². The number of hydrogen-bond acceptors (Lipinski definition) is 4. The molecule has 1 aromatic heterocycles. The maximum absolute atomic E-state index is 14.1. The summed E-state index contributed by atoms with van der Waals surface area (Å²) in [6, 6.07) is 9.92. The van der Waals surface area contributed by atoms with Gasteiger partial charge in [0.2, 0.25) is 5.91 Å². The summed E-state index contributed by atoms with van der Waals surface area (Å²) in [7, 11) is 0. The molecule has 1 saturated heterocycles. The Hall–Kier alpha value is -2.45. The molecule has 5 nitrogen and oxygen atoms in total. The summed E-state index contributed by atoms with van der Waals surface area (Å²) < 4.78 is 39.9. The number of aromatic nitrogens is 1. The van der Waals surface area contributed by atoms with Crippen LogP contribution in [0.25, 0.3) is 0 Å². The molecule has 6 rings (SSSR count). The average Bonchev–Trinajstić information content (AvgIpc) is 3.50. The fourth-order valence-electron chi connectivity index (χ4n) is 8.08. The van der Waals surface area contributed by atoms with Crippen LogP contribution >= 0.6 is 0 Å². The molecule has 2 aliphatic heterocycles. The molecule has 1 N–H and O–H groups in total. The number of aliphatic hydroxyl groups is 1. The molecular formula is C32H40F3N3O2. The third kappa shape index (κ3) is 5.06. The topological polar surface area (TPSA) is 56.7 Å². The fourth-order valence-corrected chi connectivity index (χ4v) is 8.08. The van der Waals surface area contributed by atoms with Gasteiger partial charge in [-0.3, -0.25) is 9.78 Å². The lowest BCUT2D eigenvalue weighted by Gasteiger charge is -2.39. The van der Waals surface area contributed by atoms with E-state index >= 15 is 0 Å². The molecule has 4 aliphatic rings. The minimum Gasteiger partial charge on any atom is -0.386 e. The molecular weight excluding hydrogens is 515 g/mol. The van der Waals surface area contributed by atoms with Gasteiger partial charge in [-0.05, 0) is 100 Å². The van der Waals surface area contributed by atoms with Crippen LogP contribution in [0, 0.1) is 11.3 Å². The van der Waals surface area contributed by atoms with Gasteiger partial charge in [0.05, 0.1) is 16.6 Å². The molecule has 3 atom stereocenters. The SMILES string of the molecule is CC(C)(O)c1cccc(C2CCN([C@H]3C[C@H]4CCC[C@@]4(C(=O)N4CCc5ncc(C(F)(F)F)cc5C4)C3)CC2)c1. The minimum absolute atomic E-state index is 0.152. The zero-order chi connectivity index (χ0) is 28.3. The van der Waals surface area contributed by atoms with Crippen LogP contribution in [0.2, 0.25) is 0 Å². The first kappa shape index (κ1) is 27.7. The normalized spacial score (nSPS) is 28.0. The first-order valence-electron chi connectivity index (χ1n) is 14.9. The van der Waals surface area contributed by atoms with Crippen LogP contribution < -0.4 is 0 Å². The molecule has 0 bridgehead atoms. The van der Waals surface area contributed by atoms with Crippen molar-refractivity contribution in [2.75, 3.05) is 19.6 Å². The van der Waals surface area contributed by atoms with E-state index in [2.05, 4.69) is 22.0 Å². The van der Waals surface area contributed by atoms with E-state index in [1.807, 2.05) is 30.9 Å². The molecule has 8 heteroatoms. The highest BCUT2D eigenvalue weighted by Crippen LogP contribution is 2.57. The van der Waals surface area contributed by atoms with Crippen LogP contribution in [0.5, 0.6) is 0 Å². The number of benzene rings is 1. The van der Waals surface area contributed by atoms with Crippen molar-refractivity contribution in [3.63, 3.8) is 0 Å². The van der Waals surface area contributed by atoms with Gasteiger partial charge in [-0.1, -0.05) is 30.7 Å². The minimum atomic E-state index is -4.44. The van der Waals surface area contributed by atoms with Crippen molar-refractivity contribution in [3.8, 4) is 0 Å². The van der Waals surface area contributed by atoms with Crippen molar-refractivity contribution >= 4 is 5.91 Å². The Morgan fingerprint density at radius 3 is 2.58 bits per heavy atom. The van der Waals surface area contributed by atoms with Gasteiger partial charge in [-0.25, -0.2) is 0 Å². The molecule has 1 aromatic carbocycles. The van der Waals surface area contributed by atoms with E-state index in [1.54, 1.807) is 0 Å². The largest absolute Gasteiger partial charge is 0.417 e. The second-order valence-electron chi connectivity index (χ2n) is 13.1. The van der Waals surface area contributed by atoms with Crippen LogP contribution in [0.15, 0.2) is 36.5 Å². The van der Waals surface area contributed by atoms with Crippen molar-refractivity contribution in [1.82, 2.24) is 14.8 Å². The Balaban J connectivity index is 1.12. The Bertz CT molecular complexity index is 1260. The summed E-state index contributed by atoms with van der Waals surface area (Å²) in [6.07, 6.45) is 4.01. The number of rotatable bonds is 4. The summed E-state index contributed by atoms with van der Waals surface area (Å²) in [5.41, 5.74) is 1.48. The summed E-state index contributed by atoms with van der Waals surface area (Å²) in [5, 5.41) is 10.4. The number of piperidine rings is 1. The van der Waals surface area contributed by atoms with Gasteiger partial charge in [0.15, 0.2) is 0 Å². The van der Waals surface area contributed by atoms with Crippen molar-refractivity contribution in [2.45, 2.75) is 95.5 Å². The van der Waals surface area contributed by atoms with E-state index in [0.717, 1.165) is 69.8 Å². The maximum Gasteiger partial charge on any atom is 0.417 e. The first-order chi connectivity index (χ1) is 18.9. The Kier molecular flexibility index (Phi) is 7.01. The van der Waals surface area contributed by atoms with Crippen molar-refractivity contribution in [2.24, 2.45) is 11.3 Å². The number of carbonyl (C=O) groups is 1. The summed E-state index contributed by atoms with van der Waals surface area (Å²) in [5.74, 6) is 0.977. The van der Waals surface area contributed by atoms with Gasteiger partial charge in [0, 0.05) is 37.4 Å². The van der Waals surface area contributed by atoms with E-state index in [9.17, 15) is 23.1 Å². The smallest absolute Gasteiger partial charge is 0.386 e. The van der Waals surface area contributed by atoms with Crippen molar-refractivity contribution in [3.05, 3.63) is 64.5 Å². The van der Waals surface area contributed by atoms with Crippen molar-refractivity contribution in [1.29, 1.82) is 0 Å². The highest BCUT2D eigenvalue weighted by molar-refractivity contribution is 5.84. The summed E-state index contributed by atoms with van der Waals surface area (Å²) >= 11 is 0. The molecule has 2 saturated carbocycles. The molecule has 0 radical (unpaired) electrons. The zero-order valence-electron chi connectivity index (χ0n) is 23.5. The lowest BCUT2D eigenvalue weighted by molar-refractivity contribution is -0.144. The van der Waals surface area contributed by atoms with Gasteiger partial charge in [0.1, 0.15) is 0 Å². The predicted molar refractivity (Wildman–Crippen MR) is 146 cm³/mol. The second-order valence-corrected chi connectivity index (χ2v) is 13.1. The van der Waals surface area contributed by atoms with Gasteiger partial charge in [-0.15, -0.1) is 0 Å². The Morgan fingerprint density at radius 1 is 1.07 bits per heavy atom. The summed E-state index contributed by atoms with van der Waals surface area (Å²) in [6.45, 7) is 6.39. The van der Waals surface area contributed by atoms with Crippen LogP contribution in [0.1, 0.15) is 92.7 Å². The van der Waals surface area contributed by atoms with E-state index in [4.69, 9.17) is 0 Å². The third-order valence-corrected chi connectivity index (χ3v) is 10.3. The van der Waals surface area contributed by atoms with E-state index < -0.39 is 17.3 Å². The lowest BCUT2D eigenvalue weighted by Crippen LogP contribution is -2.47. The molecule has 3 heterocycles. The molecule has 216 valence electrons. The van der Waals surface area contributed by atoms with Gasteiger partial charge in [-0.2, -0.15) is 13.2 Å². The van der Waals surface area contributed by atoms with E-state index in [0.29, 0.717) is 42.1 Å². The standard InChI is InChI=1S/C32H40F3N3O2/c1-30(2,40)24-6-3-5-22(15-24)21-8-12-37(13-9-21)27-17-25-7-4-11-31(25,18-27)29(39)38-14-10-28-23(20-38)16-26(19-36-28)32(33,34)35/h3,5-6,15-16,19,21,25,27,40H,4,7-14,17-18,20H2,1-2H3/t25-,27+,31-/m1/s1. The fraction of sp³-hybridized carbons (Fsp3) is 0.625. The number of nitrogens with zero attached hydrogens (tertiary/aromatic N) is 3. The van der Waals surface area contributed by atoms with Crippen molar-refractivity contribution < 1.29 is 23.1 Å². The second kappa shape index (κ2) is 10.1. The third-order valence-electron chi connectivity index (χ3n) is 10.3. The van der Waals surface area contributed by atoms with E-state index in [-0.39, 0.29) is 17.9 Å². The first-order valence-corrected chi connectivity index (χ1v) is 14.9. The number of halogens is 3. The maximum atomic E-state index is 14.1.